The molecule has 10 heteroatoms. The standard InChI is InChI=1S/C30H31N7O2S/c1-18-5-4-6-25(35-18)28-27(32-17-33-28)21-7-8-24-22(11-21)12-23(13-31-24)29-36-26(16-40-29)30(38)39-10-9-37-14-19(2)34-20(3)15-37/h4-8,11-13,16-17,19-20,34H,9-10,14-15H2,1-3H3,(H,32,33)/t19-,20+. The van der Waals surface area contributed by atoms with Gasteiger partial charge < -0.3 is 15.0 Å². The summed E-state index contributed by atoms with van der Waals surface area (Å²) in [5.41, 5.74) is 6.49. The van der Waals surface area contributed by atoms with Crippen molar-refractivity contribution in [1.29, 1.82) is 0 Å². The fraction of sp³-hybridized carbons (Fsp3) is 0.300. The second kappa shape index (κ2) is 11.2. The number of carbonyl (C=O) groups is 1. The van der Waals surface area contributed by atoms with Gasteiger partial charge in [-0.1, -0.05) is 12.1 Å². The Kier molecular flexibility index (Phi) is 7.38. The third-order valence-electron chi connectivity index (χ3n) is 6.97. The van der Waals surface area contributed by atoms with Crippen LogP contribution in [-0.2, 0) is 4.74 Å². The molecule has 1 fully saturated rings. The van der Waals surface area contributed by atoms with Crippen LogP contribution in [0.5, 0.6) is 0 Å². The molecule has 0 radical (unpaired) electrons. The molecule has 40 heavy (non-hydrogen) atoms. The van der Waals surface area contributed by atoms with Crippen LogP contribution in [0.2, 0.25) is 0 Å². The number of aromatic nitrogens is 5. The number of carbonyl (C=O) groups excluding carboxylic acids is 1. The number of rotatable bonds is 7. The number of fused-ring (bicyclic) bond motifs is 1. The van der Waals surface area contributed by atoms with E-state index in [4.69, 9.17) is 4.74 Å². The van der Waals surface area contributed by atoms with Crippen LogP contribution in [0.4, 0.5) is 0 Å². The molecule has 0 aliphatic carbocycles. The normalized spacial score (nSPS) is 17.8. The number of nitrogens with one attached hydrogen (secondary N) is 2. The molecule has 2 atom stereocenters. The molecule has 204 valence electrons. The van der Waals surface area contributed by atoms with E-state index in [1.807, 2.05) is 43.3 Å². The van der Waals surface area contributed by atoms with E-state index in [1.54, 1.807) is 17.9 Å². The minimum Gasteiger partial charge on any atom is -0.460 e. The van der Waals surface area contributed by atoms with Crippen LogP contribution < -0.4 is 5.32 Å². The molecule has 5 heterocycles. The van der Waals surface area contributed by atoms with E-state index in [0.29, 0.717) is 30.9 Å². The highest BCUT2D eigenvalue weighted by molar-refractivity contribution is 7.13. The second-order valence-corrected chi connectivity index (χ2v) is 11.2. The first-order valence-electron chi connectivity index (χ1n) is 13.4. The number of piperazine rings is 1. The first-order valence-corrected chi connectivity index (χ1v) is 14.3. The van der Waals surface area contributed by atoms with Gasteiger partial charge in [-0.2, -0.15) is 0 Å². The molecule has 5 aromatic rings. The average Bonchev–Trinajstić information content (AvgIpc) is 3.63. The Hall–Kier alpha value is -3.99. The first-order chi connectivity index (χ1) is 19.4. The van der Waals surface area contributed by atoms with E-state index in [9.17, 15) is 4.79 Å². The van der Waals surface area contributed by atoms with Gasteiger partial charge in [-0.25, -0.2) is 14.8 Å². The molecule has 0 amide bonds. The summed E-state index contributed by atoms with van der Waals surface area (Å²) in [4.78, 5) is 36.7. The van der Waals surface area contributed by atoms with Crippen LogP contribution >= 0.6 is 11.3 Å². The van der Waals surface area contributed by atoms with Crippen LogP contribution in [0.1, 0.15) is 30.0 Å². The number of hydrogen-bond donors (Lipinski definition) is 2. The van der Waals surface area contributed by atoms with Gasteiger partial charge in [0.25, 0.3) is 0 Å². The van der Waals surface area contributed by atoms with Crippen molar-refractivity contribution >= 4 is 28.2 Å². The summed E-state index contributed by atoms with van der Waals surface area (Å²) < 4.78 is 5.55. The van der Waals surface area contributed by atoms with Crippen molar-refractivity contribution in [2.24, 2.45) is 0 Å². The average molecular weight is 554 g/mol. The van der Waals surface area contributed by atoms with Gasteiger partial charge in [0.2, 0.25) is 0 Å². The number of hydrogen-bond acceptors (Lipinski definition) is 9. The maximum atomic E-state index is 12.7. The highest BCUT2D eigenvalue weighted by atomic mass is 32.1. The molecule has 1 aliphatic rings. The van der Waals surface area contributed by atoms with E-state index in [-0.39, 0.29) is 0 Å². The molecule has 1 aliphatic heterocycles. The number of ether oxygens (including phenoxy) is 1. The number of benzene rings is 1. The molecule has 9 nitrogen and oxygen atoms in total. The number of thiazole rings is 1. The van der Waals surface area contributed by atoms with Crippen LogP contribution in [0.25, 0.3) is 44.1 Å². The molecular weight excluding hydrogens is 522 g/mol. The smallest absolute Gasteiger partial charge is 0.357 e. The van der Waals surface area contributed by atoms with Crippen LogP contribution in [0, 0.1) is 6.92 Å². The lowest BCUT2D eigenvalue weighted by Crippen LogP contribution is -2.54. The van der Waals surface area contributed by atoms with Crippen molar-refractivity contribution in [2.45, 2.75) is 32.9 Å². The lowest BCUT2D eigenvalue weighted by Gasteiger charge is -2.35. The molecule has 0 unspecified atom stereocenters. The largest absolute Gasteiger partial charge is 0.460 e. The van der Waals surface area contributed by atoms with E-state index in [1.165, 1.54) is 11.3 Å². The Bertz CT molecular complexity index is 1650. The number of aryl methyl sites for hydroxylation is 1. The SMILES string of the molecule is Cc1cccc(-c2[nH]cnc2-c2ccc3ncc(-c4nc(C(=O)OCCN5C[C@@H](C)N[C@@H](C)C5)cs4)cc3c2)n1. The second-order valence-electron chi connectivity index (χ2n) is 10.3. The van der Waals surface area contributed by atoms with Crippen molar-refractivity contribution in [3.63, 3.8) is 0 Å². The van der Waals surface area contributed by atoms with Gasteiger partial charge in [0.1, 0.15) is 11.6 Å². The van der Waals surface area contributed by atoms with E-state index in [2.05, 4.69) is 55.1 Å². The Labute approximate surface area is 236 Å². The maximum Gasteiger partial charge on any atom is 0.357 e. The van der Waals surface area contributed by atoms with E-state index < -0.39 is 5.97 Å². The molecular formula is C30H31N7O2S. The van der Waals surface area contributed by atoms with Crippen molar-refractivity contribution in [3.05, 3.63) is 71.8 Å². The van der Waals surface area contributed by atoms with Crippen LogP contribution in [0.15, 0.2) is 60.4 Å². The van der Waals surface area contributed by atoms with Crippen molar-refractivity contribution in [3.8, 4) is 33.2 Å². The lowest BCUT2D eigenvalue weighted by atomic mass is 10.0. The van der Waals surface area contributed by atoms with Crippen LogP contribution in [-0.4, -0.2) is 74.1 Å². The van der Waals surface area contributed by atoms with Crippen molar-refractivity contribution in [1.82, 2.24) is 35.1 Å². The number of H-pyrrole nitrogens is 1. The topological polar surface area (TPSA) is 109 Å². The van der Waals surface area contributed by atoms with Gasteiger partial charge in [-0.05, 0) is 51.1 Å². The molecule has 4 aromatic heterocycles. The Morgan fingerprint density at radius 1 is 1.07 bits per heavy atom. The summed E-state index contributed by atoms with van der Waals surface area (Å²) in [6, 6.07) is 14.9. The molecule has 0 spiro atoms. The predicted molar refractivity (Wildman–Crippen MR) is 157 cm³/mol. The summed E-state index contributed by atoms with van der Waals surface area (Å²) in [5.74, 6) is -0.398. The van der Waals surface area contributed by atoms with E-state index >= 15 is 0 Å². The molecule has 1 saturated heterocycles. The minimum atomic E-state index is -0.398. The third kappa shape index (κ3) is 5.65. The number of esters is 1. The molecule has 1 aromatic carbocycles. The number of imidazole rings is 1. The fourth-order valence-corrected chi connectivity index (χ4v) is 6.02. The van der Waals surface area contributed by atoms with Gasteiger partial charge in [-0.15, -0.1) is 11.3 Å². The minimum absolute atomic E-state index is 0.322. The summed E-state index contributed by atoms with van der Waals surface area (Å²) in [7, 11) is 0. The fourth-order valence-electron chi connectivity index (χ4n) is 5.25. The van der Waals surface area contributed by atoms with Gasteiger partial charge >= 0.3 is 5.97 Å². The van der Waals surface area contributed by atoms with Crippen molar-refractivity contribution < 1.29 is 9.53 Å². The zero-order valence-corrected chi connectivity index (χ0v) is 23.5. The maximum absolute atomic E-state index is 12.7. The van der Waals surface area contributed by atoms with E-state index in [0.717, 1.165) is 62.9 Å². The lowest BCUT2D eigenvalue weighted by molar-refractivity contribution is 0.0431. The summed E-state index contributed by atoms with van der Waals surface area (Å²) in [5, 5.41) is 6.94. The summed E-state index contributed by atoms with van der Waals surface area (Å²) in [6.45, 7) is 9.27. The zero-order chi connectivity index (χ0) is 27.6. The van der Waals surface area contributed by atoms with Gasteiger partial charge in [0.15, 0.2) is 5.69 Å². The number of aromatic amines is 1. The molecule has 2 N–H and O–H groups in total. The monoisotopic (exact) mass is 553 g/mol. The first kappa shape index (κ1) is 26.2. The molecule has 0 saturated carbocycles. The summed E-state index contributed by atoms with van der Waals surface area (Å²) >= 11 is 1.41. The third-order valence-corrected chi connectivity index (χ3v) is 7.86. The Morgan fingerprint density at radius 3 is 2.73 bits per heavy atom. The Morgan fingerprint density at radius 2 is 1.90 bits per heavy atom. The predicted octanol–water partition coefficient (Wildman–Crippen LogP) is 4.96. The number of nitrogens with zero attached hydrogens (tertiary/aromatic N) is 5. The van der Waals surface area contributed by atoms with Gasteiger partial charge in [-0.3, -0.25) is 14.9 Å². The highest BCUT2D eigenvalue weighted by Crippen LogP contribution is 2.32. The van der Waals surface area contributed by atoms with Crippen LogP contribution in [0.3, 0.4) is 0 Å². The zero-order valence-electron chi connectivity index (χ0n) is 22.7. The Balaban J connectivity index is 1.17. The quantitative estimate of drug-likeness (QED) is 0.272. The molecule has 6 rings (SSSR count). The van der Waals surface area contributed by atoms with Crippen molar-refractivity contribution in [2.75, 3.05) is 26.2 Å². The van der Waals surface area contributed by atoms with Gasteiger partial charge in [0.05, 0.1) is 28.9 Å². The van der Waals surface area contributed by atoms with Gasteiger partial charge in [0, 0.05) is 65.5 Å². The number of pyridine rings is 2. The molecule has 0 bridgehead atoms. The summed E-state index contributed by atoms with van der Waals surface area (Å²) in [6.07, 6.45) is 3.48. The highest BCUT2D eigenvalue weighted by Gasteiger charge is 2.21.